The first-order chi connectivity index (χ1) is 12.3. The van der Waals surface area contributed by atoms with Crippen molar-refractivity contribution < 1.29 is 32.6 Å². The standard InChI is InChI=1S/C18H16F3NO4/c1-2-26-16(25)8-7-15(24)18-14(23)6-3-10(22-18)9-11-12(19)4-5-13(20)17(11)21/h3-6,23H,2,7-9H2,1H3. The fourth-order valence-corrected chi connectivity index (χ4v) is 2.28. The van der Waals surface area contributed by atoms with Crippen LogP contribution in [0.15, 0.2) is 24.3 Å². The molecule has 0 bridgehead atoms. The van der Waals surface area contributed by atoms with E-state index in [4.69, 9.17) is 4.74 Å². The monoisotopic (exact) mass is 367 g/mol. The SMILES string of the molecule is CCOC(=O)CCC(=O)c1nc(Cc2c(F)ccc(F)c2F)ccc1O. The highest BCUT2D eigenvalue weighted by molar-refractivity contribution is 5.98. The van der Waals surface area contributed by atoms with E-state index in [0.717, 1.165) is 12.1 Å². The molecule has 0 atom stereocenters. The minimum absolute atomic E-state index is 0.0608. The molecule has 5 nitrogen and oxygen atoms in total. The van der Waals surface area contributed by atoms with Gasteiger partial charge in [0.1, 0.15) is 17.3 Å². The first-order valence-corrected chi connectivity index (χ1v) is 7.83. The van der Waals surface area contributed by atoms with Gasteiger partial charge in [-0.05, 0) is 31.2 Å². The van der Waals surface area contributed by atoms with Crippen molar-refractivity contribution in [2.45, 2.75) is 26.2 Å². The lowest BCUT2D eigenvalue weighted by Gasteiger charge is -2.08. The minimum Gasteiger partial charge on any atom is -0.506 e. The third-order valence-electron chi connectivity index (χ3n) is 3.55. The van der Waals surface area contributed by atoms with Crippen LogP contribution in [0.5, 0.6) is 5.75 Å². The molecule has 8 heteroatoms. The lowest BCUT2D eigenvalue weighted by Crippen LogP contribution is -2.10. The number of Topliss-reactive ketones (excluding diaryl/α,β-unsaturated/α-hetero) is 1. The fraction of sp³-hybridized carbons (Fsp3) is 0.278. The predicted molar refractivity (Wildman–Crippen MR) is 85.2 cm³/mol. The molecule has 0 amide bonds. The quantitative estimate of drug-likeness (QED) is 0.462. The maximum Gasteiger partial charge on any atom is 0.306 e. The van der Waals surface area contributed by atoms with Crippen LogP contribution in [0.3, 0.4) is 0 Å². The summed E-state index contributed by atoms with van der Waals surface area (Å²) in [7, 11) is 0. The number of carbonyl (C=O) groups excluding carboxylic acids is 2. The van der Waals surface area contributed by atoms with Crippen LogP contribution in [0.4, 0.5) is 13.2 Å². The van der Waals surface area contributed by atoms with Gasteiger partial charge >= 0.3 is 5.97 Å². The average molecular weight is 367 g/mol. The van der Waals surface area contributed by atoms with E-state index in [1.807, 2.05) is 0 Å². The second kappa shape index (κ2) is 8.46. The third-order valence-corrected chi connectivity index (χ3v) is 3.55. The zero-order valence-corrected chi connectivity index (χ0v) is 13.9. The van der Waals surface area contributed by atoms with Crippen molar-refractivity contribution in [3.63, 3.8) is 0 Å². The lowest BCUT2D eigenvalue weighted by molar-refractivity contribution is -0.143. The maximum atomic E-state index is 13.8. The van der Waals surface area contributed by atoms with Gasteiger partial charge in [-0.3, -0.25) is 9.59 Å². The summed E-state index contributed by atoms with van der Waals surface area (Å²) < 4.78 is 45.5. The highest BCUT2D eigenvalue weighted by Gasteiger charge is 2.19. The summed E-state index contributed by atoms with van der Waals surface area (Å²) in [6, 6.07) is 3.87. The summed E-state index contributed by atoms with van der Waals surface area (Å²) in [5.41, 5.74) is -0.803. The highest BCUT2D eigenvalue weighted by atomic mass is 19.2. The summed E-state index contributed by atoms with van der Waals surface area (Å²) in [4.78, 5) is 27.3. The number of hydrogen-bond donors (Lipinski definition) is 1. The topological polar surface area (TPSA) is 76.5 Å². The van der Waals surface area contributed by atoms with Crippen LogP contribution in [0, 0.1) is 17.5 Å². The molecule has 1 aromatic carbocycles. The van der Waals surface area contributed by atoms with Crippen LogP contribution in [0.25, 0.3) is 0 Å². The number of benzene rings is 1. The normalized spacial score (nSPS) is 10.6. The Morgan fingerprint density at radius 2 is 1.77 bits per heavy atom. The average Bonchev–Trinajstić information content (AvgIpc) is 2.61. The number of pyridine rings is 1. The third kappa shape index (κ3) is 4.59. The van der Waals surface area contributed by atoms with Crippen LogP contribution >= 0.6 is 0 Å². The van der Waals surface area contributed by atoms with Gasteiger partial charge in [-0.15, -0.1) is 0 Å². The number of aromatic nitrogens is 1. The second-order valence-electron chi connectivity index (χ2n) is 5.40. The molecule has 2 aromatic rings. The van der Waals surface area contributed by atoms with E-state index in [0.29, 0.717) is 6.07 Å². The van der Waals surface area contributed by atoms with Gasteiger partial charge in [0.05, 0.1) is 13.0 Å². The van der Waals surface area contributed by atoms with Gasteiger partial charge in [-0.2, -0.15) is 0 Å². The Bertz CT molecular complexity index is 839. The van der Waals surface area contributed by atoms with Crippen molar-refractivity contribution in [3.05, 3.63) is 58.7 Å². The summed E-state index contributed by atoms with van der Waals surface area (Å²) in [6.45, 7) is 1.80. The Morgan fingerprint density at radius 1 is 1.08 bits per heavy atom. The first-order valence-electron chi connectivity index (χ1n) is 7.83. The fourth-order valence-electron chi connectivity index (χ4n) is 2.28. The molecule has 1 aromatic heterocycles. The van der Waals surface area contributed by atoms with Gasteiger partial charge in [-0.25, -0.2) is 18.2 Å². The lowest BCUT2D eigenvalue weighted by atomic mass is 10.1. The van der Waals surface area contributed by atoms with E-state index in [1.165, 1.54) is 6.07 Å². The van der Waals surface area contributed by atoms with Crippen molar-refractivity contribution in [1.82, 2.24) is 4.98 Å². The number of esters is 1. The summed E-state index contributed by atoms with van der Waals surface area (Å²) in [5, 5.41) is 9.79. The van der Waals surface area contributed by atoms with Gasteiger partial charge in [0.25, 0.3) is 0 Å². The van der Waals surface area contributed by atoms with Crippen molar-refractivity contribution in [1.29, 1.82) is 0 Å². The Hall–Kier alpha value is -2.90. The molecule has 0 aliphatic rings. The van der Waals surface area contributed by atoms with E-state index in [-0.39, 0.29) is 30.8 Å². The maximum absolute atomic E-state index is 13.8. The molecule has 1 N–H and O–H groups in total. The van der Waals surface area contributed by atoms with Gasteiger partial charge in [0.15, 0.2) is 17.4 Å². The van der Waals surface area contributed by atoms with Crippen molar-refractivity contribution in [2.75, 3.05) is 6.61 Å². The van der Waals surface area contributed by atoms with Crippen LogP contribution in [-0.4, -0.2) is 28.4 Å². The molecule has 0 saturated carbocycles. The molecule has 0 spiro atoms. The van der Waals surface area contributed by atoms with Crippen LogP contribution < -0.4 is 0 Å². The van der Waals surface area contributed by atoms with Gasteiger partial charge < -0.3 is 9.84 Å². The van der Waals surface area contributed by atoms with Crippen molar-refractivity contribution in [2.24, 2.45) is 0 Å². The number of carbonyl (C=O) groups is 2. The minimum atomic E-state index is -1.34. The van der Waals surface area contributed by atoms with Gasteiger partial charge in [-0.1, -0.05) is 0 Å². The Labute approximate surface area is 147 Å². The van der Waals surface area contributed by atoms with Gasteiger partial charge in [0.2, 0.25) is 0 Å². The predicted octanol–water partition coefficient (Wildman–Crippen LogP) is 3.32. The van der Waals surface area contributed by atoms with E-state index < -0.39 is 46.9 Å². The molecule has 0 radical (unpaired) electrons. The number of hydrogen-bond acceptors (Lipinski definition) is 5. The molecule has 0 saturated heterocycles. The molecule has 0 unspecified atom stereocenters. The molecular formula is C18H16F3NO4. The zero-order valence-electron chi connectivity index (χ0n) is 13.9. The smallest absolute Gasteiger partial charge is 0.306 e. The number of aromatic hydroxyl groups is 1. The summed E-state index contributed by atoms with van der Waals surface area (Å²) >= 11 is 0. The molecule has 0 aliphatic carbocycles. The zero-order chi connectivity index (χ0) is 19.3. The molecule has 26 heavy (non-hydrogen) atoms. The number of ether oxygens (including phenoxy) is 1. The van der Waals surface area contributed by atoms with E-state index in [9.17, 15) is 27.9 Å². The Balaban J connectivity index is 2.21. The first kappa shape index (κ1) is 19.4. The summed E-state index contributed by atoms with van der Waals surface area (Å²) in [6.07, 6.45) is -0.843. The molecule has 0 fully saturated rings. The van der Waals surface area contributed by atoms with Crippen LogP contribution in [-0.2, 0) is 16.0 Å². The molecule has 0 aliphatic heterocycles. The number of halogens is 3. The summed E-state index contributed by atoms with van der Waals surface area (Å²) in [5.74, 6) is -5.12. The molecule has 138 valence electrons. The number of rotatable bonds is 7. The number of ketones is 1. The highest BCUT2D eigenvalue weighted by Crippen LogP contribution is 2.22. The molecule has 1 heterocycles. The largest absolute Gasteiger partial charge is 0.506 e. The van der Waals surface area contributed by atoms with Crippen molar-refractivity contribution >= 4 is 11.8 Å². The van der Waals surface area contributed by atoms with Gasteiger partial charge in [0, 0.05) is 24.1 Å². The van der Waals surface area contributed by atoms with E-state index >= 15 is 0 Å². The Kier molecular flexibility index (Phi) is 6.32. The molecule has 2 rings (SSSR count). The Morgan fingerprint density at radius 3 is 2.46 bits per heavy atom. The van der Waals surface area contributed by atoms with E-state index in [1.54, 1.807) is 6.92 Å². The number of nitrogens with zero attached hydrogens (tertiary/aromatic N) is 1. The molecular weight excluding hydrogens is 351 g/mol. The van der Waals surface area contributed by atoms with Crippen molar-refractivity contribution in [3.8, 4) is 5.75 Å². The van der Waals surface area contributed by atoms with E-state index in [2.05, 4.69) is 4.98 Å². The van der Waals surface area contributed by atoms with Crippen LogP contribution in [0.1, 0.15) is 41.5 Å². The second-order valence-corrected chi connectivity index (χ2v) is 5.40. The van der Waals surface area contributed by atoms with Crippen LogP contribution in [0.2, 0.25) is 0 Å².